The number of pyridine rings is 1. The third-order valence-corrected chi connectivity index (χ3v) is 5.77. The number of ether oxygens (including phenoxy) is 3. The van der Waals surface area contributed by atoms with E-state index in [9.17, 15) is 4.39 Å². The predicted molar refractivity (Wildman–Crippen MR) is 153 cm³/mol. The quantitative estimate of drug-likeness (QED) is 0.238. The molecule has 0 saturated heterocycles. The van der Waals surface area contributed by atoms with Crippen LogP contribution in [0.15, 0.2) is 71.3 Å². The molecule has 0 aliphatic heterocycles. The van der Waals surface area contributed by atoms with Crippen LogP contribution >= 0.6 is 15.9 Å². The molecule has 0 saturated carbocycles. The Bertz CT molecular complexity index is 1120. The van der Waals surface area contributed by atoms with Crippen LogP contribution in [0.25, 0.3) is 5.70 Å². The number of halogens is 2. The van der Waals surface area contributed by atoms with Gasteiger partial charge < -0.3 is 19.5 Å². The molecule has 0 unspecified atom stereocenters. The van der Waals surface area contributed by atoms with Gasteiger partial charge in [0.2, 0.25) is 0 Å². The molecule has 1 heterocycles. The van der Waals surface area contributed by atoms with Gasteiger partial charge in [-0.25, -0.2) is 9.37 Å². The Hall–Kier alpha value is -2.74. The monoisotopic (exact) mass is 572 g/mol. The molecular formula is C30H38BrFN2O3. The zero-order valence-corrected chi connectivity index (χ0v) is 24.0. The van der Waals surface area contributed by atoms with Crippen LogP contribution in [0.2, 0.25) is 0 Å². The van der Waals surface area contributed by atoms with E-state index in [4.69, 9.17) is 14.2 Å². The van der Waals surface area contributed by atoms with Crippen LogP contribution < -0.4 is 10.1 Å². The van der Waals surface area contributed by atoms with Crippen LogP contribution in [0.1, 0.15) is 43.4 Å². The van der Waals surface area contributed by atoms with Gasteiger partial charge in [0.15, 0.2) is 0 Å². The summed E-state index contributed by atoms with van der Waals surface area (Å²) in [6.45, 7) is 8.01. The smallest absolute Gasteiger partial charge is 0.133 e. The fraction of sp³-hybridized carbons (Fsp3) is 0.367. The highest BCUT2D eigenvalue weighted by Gasteiger charge is 2.08. The molecule has 2 aromatic carbocycles. The molecule has 0 radical (unpaired) electrons. The Morgan fingerprint density at radius 2 is 1.81 bits per heavy atom. The van der Waals surface area contributed by atoms with Crippen molar-refractivity contribution in [3.05, 3.63) is 93.9 Å². The highest BCUT2D eigenvalue weighted by molar-refractivity contribution is 9.10. The summed E-state index contributed by atoms with van der Waals surface area (Å²) in [4.78, 5) is 4.49. The van der Waals surface area contributed by atoms with E-state index in [1.54, 1.807) is 38.6 Å². The van der Waals surface area contributed by atoms with Gasteiger partial charge in [-0.1, -0.05) is 56.7 Å². The highest BCUT2D eigenvalue weighted by Crippen LogP contribution is 2.26. The van der Waals surface area contributed by atoms with E-state index in [1.165, 1.54) is 6.07 Å². The van der Waals surface area contributed by atoms with E-state index in [1.807, 2.05) is 37.3 Å². The van der Waals surface area contributed by atoms with Gasteiger partial charge in [0, 0.05) is 47.6 Å². The summed E-state index contributed by atoms with van der Waals surface area (Å²) < 4.78 is 30.4. The van der Waals surface area contributed by atoms with Gasteiger partial charge in [-0.3, -0.25) is 0 Å². The van der Waals surface area contributed by atoms with Crippen molar-refractivity contribution in [3.63, 3.8) is 0 Å². The summed E-state index contributed by atoms with van der Waals surface area (Å²) in [7, 11) is 3.40. The van der Waals surface area contributed by atoms with Gasteiger partial charge in [0.25, 0.3) is 0 Å². The van der Waals surface area contributed by atoms with Crippen LogP contribution in [-0.4, -0.2) is 32.4 Å². The first kappa shape index (κ1) is 30.5. The Balaban J connectivity index is 0.000000521. The molecule has 37 heavy (non-hydrogen) atoms. The SMILES string of the molecule is CCC/C=C(/Nc1ncc(Br)cc1C)c1cccc(OCc2ccccc2F)c1.COCC(C)COC. The van der Waals surface area contributed by atoms with Crippen LogP contribution in [0.5, 0.6) is 5.75 Å². The topological polar surface area (TPSA) is 52.6 Å². The van der Waals surface area contributed by atoms with Crippen molar-refractivity contribution in [2.75, 3.05) is 32.8 Å². The fourth-order valence-electron chi connectivity index (χ4n) is 3.48. The molecule has 0 bridgehead atoms. The maximum atomic E-state index is 13.8. The van der Waals surface area contributed by atoms with E-state index in [-0.39, 0.29) is 12.4 Å². The molecule has 7 heteroatoms. The minimum atomic E-state index is -0.259. The van der Waals surface area contributed by atoms with Crippen molar-refractivity contribution in [1.29, 1.82) is 0 Å². The summed E-state index contributed by atoms with van der Waals surface area (Å²) in [6, 6.07) is 16.5. The number of hydrogen-bond acceptors (Lipinski definition) is 5. The molecule has 200 valence electrons. The van der Waals surface area contributed by atoms with Crippen molar-refractivity contribution in [2.24, 2.45) is 5.92 Å². The minimum absolute atomic E-state index is 0.185. The number of benzene rings is 2. The number of allylic oxidation sites excluding steroid dienone is 1. The van der Waals surface area contributed by atoms with E-state index in [2.05, 4.69) is 46.2 Å². The Kier molecular flexibility index (Phi) is 13.9. The van der Waals surface area contributed by atoms with Gasteiger partial charge in [-0.2, -0.15) is 0 Å². The molecule has 3 aromatic rings. The van der Waals surface area contributed by atoms with E-state index in [0.717, 1.165) is 53.2 Å². The lowest BCUT2D eigenvalue weighted by atomic mass is 10.1. The minimum Gasteiger partial charge on any atom is -0.489 e. The molecule has 0 fully saturated rings. The van der Waals surface area contributed by atoms with Crippen molar-refractivity contribution >= 4 is 27.4 Å². The highest BCUT2D eigenvalue weighted by atomic mass is 79.9. The lowest BCUT2D eigenvalue weighted by Crippen LogP contribution is -2.09. The average Bonchev–Trinajstić information content (AvgIpc) is 2.88. The van der Waals surface area contributed by atoms with Crippen molar-refractivity contribution in [2.45, 2.75) is 40.2 Å². The van der Waals surface area contributed by atoms with Gasteiger partial charge in [0.1, 0.15) is 24.0 Å². The molecule has 3 rings (SSSR count). The number of nitrogens with zero attached hydrogens (tertiary/aromatic N) is 1. The molecule has 0 amide bonds. The summed E-state index contributed by atoms with van der Waals surface area (Å²) in [5, 5.41) is 3.45. The summed E-state index contributed by atoms with van der Waals surface area (Å²) in [5.74, 6) is 1.76. The van der Waals surface area contributed by atoms with E-state index < -0.39 is 0 Å². The van der Waals surface area contributed by atoms with E-state index in [0.29, 0.717) is 17.2 Å². The van der Waals surface area contributed by atoms with Crippen molar-refractivity contribution in [3.8, 4) is 5.75 Å². The lowest BCUT2D eigenvalue weighted by Gasteiger charge is -2.15. The second kappa shape index (κ2) is 16.9. The number of aryl methyl sites for hydroxylation is 1. The summed E-state index contributed by atoms with van der Waals surface area (Å²) >= 11 is 3.45. The second-order valence-electron chi connectivity index (χ2n) is 8.77. The zero-order chi connectivity index (χ0) is 27.0. The number of methoxy groups -OCH3 is 2. The first-order chi connectivity index (χ1) is 17.9. The number of unbranched alkanes of at least 4 members (excludes halogenated alkanes) is 1. The van der Waals surface area contributed by atoms with Gasteiger partial charge in [-0.05, 0) is 59.1 Å². The number of anilines is 1. The molecule has 5 nitrogen and oxygen atoms in total. The van der Waals surface area contributed by atoms with Crippen molar-refractivity contribution < 1.29 is 18.6 Å². The molecular weight excluding hydrogens is 535 g/mol. The lowest BCUT2D eigenvalue weighted by molar-refractivity contribution is 0.0933. The van der Waals surface area contributed by atoms with Gasteiger partial charge in [-0.15, -0.1) is 0 Å². The maximum absolute atomic E-state index is 13.8. The van der Waals surface area contributed by atoms with Crippen LogP contribution in [0.3, 0.4) is 0 Å². The first-order valence-electron chi connectivity index (χ1n) is 12.4. The Labute approximate surface area is 229 Å². The average molecular weight is 574 g/mol. The summed E-state index contributed by atoms with van der Waals surface area (Å²) in [5.41, 5.74) is 3.55. The molecule has 1 aromatic heterocycles. The molecule has 0 aliphatic rings. The summed E-state index contributed by atoms with van der Waals surface area (Å²) in [6.07, 6.45) is 5.93. The van der Waals surface area contributed by atoms with Crippen LogP contribution in [0, 0.1) is 18.7 Å². The molecule has 0 spiro atoms. The molecule has 0 aliphatic carbocycles. The number of nitrogens with one attached hydrogen (secondary N) is 1. The third-order valence-electron chi connectivity index (χ3n) is 5.33. The zero-order valence-electron chi connectivity index (χ0n) is 22.4. The second-order valence-corrected chi connectivity index (χ2v) is 9.69. The number of aromatic nitrogens is 1. The largest absolute Gasteiger partial charge is 0.489 e. The van der Waals surface area contributed by atoms with Crippen LogP contribution in [-0.2, 0) is 16.1 Å². The normalized spacial score (nSPS) is 11.2. The number of rotatable bonds is 12. The fourth-order valence-corrected chi connectivity index (χ4v) is 3.92. The third kappa shape index (κ3) is 11.0. The molecule has 0 atom stereocenters. The standard InChI is InChI=1S/C24H24BrFN2O.C6H14O2/c1-3-4-12-23(28-24-17(2)13-20(25)15-27-24)18-9-7-10-21(14-18)29-16-19-8-5-6-11-22(19)26;1-6(4-7-2)5-8-3/h5-15H,3-4,16H2,1-2H3,(H,27,28);6H,4-5H2,1-3H3/b23-12+;. The van der Waals surface area contributed by atoms with Gasteiger partial charge in [0.05, 0.1) is 13.2 Å². The maximum Gasteiger partial charge on any atom is 0.133 e. The predicted octanol–water partition coefficient (Wildman–Crippen LogP) is 8.04. The number of hydrogen-bond donors (Lipinski definition) is 1. The van der Waals surface area contributed by atoms with Crippen molar-refractivity contribution in [1.82, 2.24) is 4.98 Å². The first-order valence-corrected chi connectivity index (χ1v) is 13.2. The van der Waals surface area contributed by atoms with E-state index >= 15 is 0 Å². The Morgan fingerprint density at radius 3 is 2.46 bits per heavy atom. The van der Waals surface area contributed by atoms with Gasteiger partial charge >= 0.3 is 0 Å². The Morgan fingerprint density at radius 1 is 1.08 bits per heavy atom. The molecule has 1 N–H and O–H groups in total. The van der Waals surface area contributed by atoms with Crippen LogP contribution in [0.4, 0.5) is 10.2 Å².